The number of aromatic hydroxyl groups is 1. The van der Waals surface area contributed by atoms with Crippen LogP contribution in [0.25, 0.3) is 0 Å². The molecule has 7 heteroatoms. The Hall–Kier alpha value is -0.620. The van der Waals surface area contributed by atoms with Crippen LogP contribution in [0.2, 0.25) is 10.0 Å². The summed E-state index contributed by atoms with van der Waals surface area (Å²) in [5.41, 5.74) is 4.90. The van der Waals surface area contributed by atoms with Crippen LogP contribution in [-0.2, 0) is 0 Å². The Bertz CT molecular complexity index is 378. The third-order valence-electron chi connectivity index (χ3n) is 2.05. The highest BCUT2D eigenvalue weighted by atomic mass is 35.5. The highest BCUT2D eigenvalue weighted by molar-refractivity contribution is 6.35. The summed E-state index contributed by atoms with van der Waals surface area (Å²) in [6.07, 6.45) is 0. The fraction of sp³-hybridized carbons (Fsp3) is 0.333. The summed E-state index contributed by atoms with van der Waals surface area (Å²) in [5.74, 6) is -4.10. The Morgan fingerprint density at radius 3 is 2.38 bits per heavy atom. The van der Waals surface area contributed by atoms with Gasteiger partial charge in [0.1, 0.15) is 18.4 Å². The monoisotopic (exact) mass is 271 g/mol. The van der Waals surface area contributed by atoms with E-state index in [1.165, 1.54) is 6.07 Å². The number of phenolic OH excluding ortho intramolecular Hbond substituents is 1. The first-order chi connectivity index (χ1) is 7.29. The fourth-order valence-electron chi connectivity index (χ4n) is 1.19. The summed E-state index contributed by atoms with van der Waals surface area (Å²) in [6.45, 7) is -1.44. The van der Waals surface area contributed by atoms with Crippen LogP contribution in [0.15, 0.2) is 12.1 Å². The Kier molecular flexibility index (Phi) is 3.96. The maximum atomic E-state index is 13.1. The Morgan fingerprint density at radius 1 is 1.38 bits per heavy atom. The predicted octanol–water partition coefficient (Wildman–Crippen LogP) is 2.33. The topological polar surface area (TPSA) is 66.5 Å². The fourth-order valence-corrected chi connectivity index (χ4v) is 1.79. The molecule has 1 rings (SSSR count). The van der Waals surface area contributed by atoms with Gasteiger partial charge >= 0.3 is 0 Å². The lowest BCUT2D eigenvalue weighted by atomic mass is 10.0. The number of nitrogens with two attached hydrogens (primary N) is 1. The van der Waals surface area contributed by atoms with Crippen LogP contribution in [0, 0.1) is 0 Å². The number of hydrogen-bond donors (Lipinski definition) is 3. The zero-order valence-corrected chi connectivity index (χ0v) is 9.43. The van der Waals surface area contributed by atoms with Crippen molar-refractivity contribution in [1.29, 1.82) is 0 Å². The molecule has 1 aromatic rings. The number of hydrogen-bond acceptors (Lipinski definition) is 3. The van der Waals surface area contributed by atoms with E-state index < -0.39 is 24.3 Å². The van der Waals surface area contributed by atoms with Gasteiger partial charge in [-0.25, -0.2) is 8.78 Å². The molecular weight excluding hydrogens is 263 g/mol. The van der Waals surface area contributed by atoms with E-state index in [9.17, 15) is 13.9 Å². The van der Waals surface area contributed by atoms with E-state index in [2.05, 4.69) is 0 Å². The van der Waals surface area contributed by atoms with Crippen LogP contribution in [0.5, 0.6) is 5.75 Å². The van der Waals surface area contributed by atoms with Crippen molar-refractivity contribution in [2.75, 3.05) is 6.61 Å². The van der Waals surface area contributed by atoms with Gasteiger partial charge in [0.05, 0.1) is 5.02 Å². The van der Waals surface area contributed by atoms with E-state index in [0.29, 0.717) is 0 Å². The van der Waals surface area contributed by atoms with E-state index in [0.717, 1.165) is 6.07 Å². The minimum atomic E-state index is -3.57. The summed E-state index contributed by atoms with van der Waals surface area (Å²) in [6, 6.07) is 0.337. The van der Waals surface area contributed by atoms with E-state index in [-0.39, 0.29) is 15.6 Å². The molecule has 16 heavy (non-hydrogen) atoms. The van der Waals surface area contributed by atoms with Crippen LogP contribution >= 0.6 is 23.2 Å². The zero-order chi connectivity index (χ0) is 12.5. The first kappa shape index (κ1) is 13.4. The molecule has 0 amide bonds. The largest absolute Gasteiger partial charge is 0.507 e. The molecule has 3 nitrogen and oxygen atoms in total. The van der Waals surface area contributed by atoms with Crippen LogP contribution in [-0.4, -0.2) is 22.7 Å². The van der Waals surface area contributed by atoms with Gasteiger partial charge in [-0.1, -0.05) is 23.2 Å². The molecule has 0 heterocycles. The van der Waals surface area contributed by atoms with Crippen molar-refractivity contribution in [2.45, 2.75) is 12.0 Å². The summed E-state index contributed by atoms with van der Waals surface area (Å²) in [7, 11) is 0. The number of aliphatic hydroxyl groups excluding tert-OH is 1. The lowest BCUT2D eigenvalue weighted by Crippen LogP contribution is -2.36. The number of aliphatic hydroxyl groups is 1. The van der Waals surface area contributed by atoms with Crippen LogP contribution in [0.4, 0.5) is 8.78 Å². The Labute approximate surface area is 100 Å². The molecule has 0 radical (unpaired) electrons. The summed E-state index contributed by atoms with van der Waals surface area (Å²) >= 11 is 11.2. The second kappa shape index (κ2) is 4.71. The lowest BCUT2D eigenvalue weighted by molar-refractivity contribution is -0.0715. The summed E-state index contributed by atoms with van der Waals surface area (Å²) in [5, 5.41) is 17.8. The second-order valence-electron chi connectivity index (χ2n) is 3.22. The molecule has 0 saturated heterocycles. The van der Waals surface area contributed by atoms with Gasteiger partial charge in [-0.05, 0) is 12.1 Å². The number of alkyl halides is 2. The standard InChI is InChI=1S/C9H9Cl2F2NO2/c10-4-1-5(11)7(6(16)2-4)8(14)9(12,13)3-15/h1-2,8,15-16H,3,14H2/t8-/m1/s1. The average Bonchev–Trinajstić information content (AvgIpc) is 2.15. The van der Waals surface area contributed by atoms with Crippen molar-refractivity contribution in [3.63, 3.8) is 0 Å². The quantitative estimate of drug-likeness (QED) is 0.791. The van der Waals surface area contributed by atoms with Crippen molar-refractivity contribution < 1.29 is 19.0 Å². The van der Waals surface area contributed by atoms with Crippen LogP contribution < -0.4 is 5.73 Å². The third-order valence-corrected chi connectivity index (χ3v) is 2.58. The molecule has 0 spiro atoms. The number of rotatable bonds is 3. The molecule has 0 aliphatic heterocycles. The van der Waals surface area contributed by atoms with Crippen molar-refractivity contribution in [1.82, 2.24) is 0 Å². The molecule has 1 atom stereocenters. The van der Waals surface area contributed by atoms with Gasteiger partial charge in [0, 0.05) is 10.6 Å². The molecule has 90 valence electrons. The molecule has 0 aliphatic rings. The normalized spacial score (nSPS) is 13.9. The van der Waals surface area contributed by atoms with Crippen molar-refractivity contribution in [3.8, 4) is 5.75 Å². The smallest absolute Gasteiger partial charge is 0.289 e. The van der Waals surface area contributed by atoms with E-state index in [1.54, 1.807) is 0 Å². The average molecular weight is 272 g/mol. The molecule has 1 aromatic carbocycles. The number of halogens is 4. The highest BCUT2D eigenvalue weighted by Crippen LogP contribution is 2.39. The van der Waals surface area contributed by atoms with Crippen molar-refractivity contribution >= 4 is 23.2 Å². The second-order valence-corrected chi connectivity index (χ2v) is 4.06. The van der Waals surface area contributed by atoms with Crippen molar-refractivity contribution in [3.05, 3.63) is 27.7 Å². The van der Waals surface area contributed by atoms with Crippen LogP contribution in [0.3, 0.4) is 0 Å². The SMILES string of the molecule is N[C@H](c1c(O)cc(Cl)cc1Cl)C(F)(F)CO. The van der Waals surface area contributed by atoms with E-state index in [4.69, 9.17) is 34.0 Å². The molecule has 0 aromatic heterocycles. The molecule has 0 bridgehead atoms. The van der Waals surface area contributed by atoms with Gasteiger partial charge in [0.15, 0.2) is 0 Å². The van der Waals surface area contributed by atoms with Gasteiger partial charge < -0.3 is 15.9 Å². The lowest BCUT2D eigenvalue weighted by Gasteiger charge is -2.23. The molecule has 0 saturated carbocycles. The van der Waals surface area contributed by atoms with Crippen molar-refractivity contribution in [2.24, 2.45) is 5.73 Å². The molecule has 4 N–H and O–H groups in total. The van der Waals surface area contributed by atoms with Gasteiger partial charge in [0.25, 0.3) is 5.92 Å². The summed E-state index contributed by atoms with van der Waals surface area (Å²) in [4.78, 5) is 0. The molecule has 0 aliphatic carbocycles. The predicted molar refractivity (Wildman–Crippen MR) is 57.1 cm³/mol. The van der Waals surface area contributed by atoms with Crippen LogP contribution in [0.1, 0.15) is 11.6 Å². The van der Waals surface area contributed by atoms with Gasteiger partial charge in [0.2, 0.25) is 0 Å². The molecule has 0 unspecified atom stereocenters. The third kappa shape index (κ3) is 2.55. The minimum absolute atomic E-state index is 0.103. The van der Waals surface area contributed by atoms with Gasteiger partial charge in [-0.15, -0.1) is 0 Å². The van der Waals surface area contributed by atoms with Gasteiger partial charge in [-0.2, -0.15) is 0 Å². The first-order valence-electron chi connectivity index (χ1n) is 4.21. The first-order valence-corrected chi connectivity index (χ1v) is 4.97. The molecular formula is C9H9Cl2F2NO2. The maximum absolute atomic E-state index is 13.1. The summed E-state index contributed by atoms with van der Waals surface area (Å²) < 4.78 is 26.2. The Balaban J connectivity index is 3.24. The van der Waals surface area contributed by atoms with Gasteiger partial charge in [-0.3, -0.25) is 0 Å². The molecule has 0 fully saturated rings. The minimum Gasteiger partial charge on any atom is -0.507 e. The zero-order valence-electron chi connectivity index (χ0n) is 7.92. The maximum Gasteiger partial charge on any atom is 0.289 e. The Morgan fingerprint density at radius 2 is 1.94 bits per heavy atom. The van der Waals surface area contributed by atoms with E-state index >= 15 is 0 Å². The van der Waals surface area contributed by atoms with E-state index in [1.807, 2.05) is 0 Å². The highest BCUT2D eigenvalue weighted by Gasteiger charge is 2.39. The number of benzene rings is 1. The number of phenols is 1.